The molecule has 0 atom stereocenters. The van der Waals surface area contributed by atoms with Gasteiger partial charge in [0.05, 0.1) is 10.6 Å². The van der Waals surface area contributed by atoms with Crippen LogP contribution in [-0.4, -0.2) is 4.99 Å². The van der Waals surface area contributed by atoms with E-state index in [0.29, 0.717) is 22.1 Å². The molecule has 0 aromatic heterocycles. The van der Waals surface area contributed by atoms with E-state index in [1.807, 2.05) is 12.1 Å². The minimum Gasteiger partial charge on any atom is -0.455 e. The van der Waals surface area contributed by atoms with Crippen LogP contribution in [0, 0.1) is 0 Å². The Hall–Kier alpha value is -0.620. The summed E-state index contributed by atoms with van der Waals surface area (Å²) in [6.07, 6.45) is 0. The van der Waals surface area contributed by atoms with E-state index in [-0.39, 0.29) is 4.99 Å². The molecule has 0 aliphatic heterocycles. The highest BCUT2D eigenvalue weighted by Gasteiger charge is 2.11. The molecule has 98 valence electrons. The number of thiocarbonyl (C=S) groups is 1. The summed E-state index contributed by atoms with van der Waals surface area (Å²) in [6, 6.07) is 10.8. The molecule has 0 amide bonds. The highest BCUT2D eigenvalue weighted by Crippen LogP contribution is 2.34. The average Bonchev–Trinajstić information content (AvgIpc) is 2.33. The Kier molecular flexibility index (Phi) is 4.84. The SMILES string of the molecule is NC(=S)c1ccc(Br)cc1Oc1cc(Br)ccc1Cl. The van der Waals surface area contributed by atoms with Crippen molar-refractivity contribution in [2.45, 2.75) is 0 Å². The van der Waals surface area contributed by atoms with Crippen LogP contribution in [0.5, 0.6) is 11.5 Å². The molecule has 0 unspecified atom stereocenters. The molecule has 0 spiro atoms. The number of hydrogen-bond donors (Lipinski definition) is 1. The largest absolute Gasteiger partial charge is 0.455 e. The Morgan fingerprint density at radius 3 is 2.26 bits per heavy atom. The zero-order chi connectivity index (χ0) is 14.0. The van der Waals surface area contributed by atoms with Gasteiger partial charge in [-0.15, -0.1) is 0 Å². The van der Waals surface area contributed by atoms with Crippen molar-refractivity contribution >= 4 is 60.7 Å². The van der Waals surface area contributed by atoms with Crippen molar-refractivity contribution in [1.82, 2.24) is 0 Å². The van der Waals surface area contributed by atoms with Gasteiger partial charge in [-0.3, -0.25) is 0 Å². The van der Waals surface area contributed by atoms with E-state index in [1.54, 1.807) is 24.3 Å². The van der Waals surface area contributed by atoms with Gasteiger partial charge in [0.25, 0.3) is 0 Å². The maximum atomic E-state index is 6.10. The topological polar surface area (TPSA) is 35.2 Å². The van der Waals surface area contributed by atoms with E-state index in [1.165, 1.54) is 0 Å². The lowest BCUT2D eigenvalue weighted by Crippen LogP contribution is -2.10. The maximum absolute atomic E-state index is 6.10. The highest BCUT2D eigenvalue weighted by atomic mass is 79.9. The van der Waals surface area contributed by atoms with E-state index in [4.69, 9.17) is 34.3 Å². The van der Waals surface area contributed by atoms with E-state index >= 15 is 0 Å². The molecular formula is C13H8Br2ClNOS. The molecule has 2 nitrogen and oxygen atoms in total. The number of ether oxygens (including phenoxy) is 1. The minimum atomic E-state index is 0.272. The number of hydrogen-bond acceptors (Lipinski definition) is 2. The Labute approximate surface area is 138 Å². The van der Waals surface area contributed by atoms with Crippen LogP contribution in [0.1, 0.15) is 5.56 Å². The molecule has 0 heterocycles. The van der Waals surface area contributed by atoms with Gasteiger partial charge in [0.2, 0.25) is 0 Å². The molecule has 0 bridgehead atoms. The van der Waals surface area contributed by atoms with E-state index in [9.17, 15) is 0 Å². The summed E-state index contributed by atoms with van der Waals surface area (Å²) in [4.78, 5) is 0.272. The summed E-state index contributed by atoms with van der Waals surface area (Å²) in [5.74, 6) is 1.09. The first-order chi connectivity index (χ1) is 8.97. The molecule has 6 heteroatoms. The zero-order valence-corrected chi connectivity index (χ0v) is 14.2. The quantitative estimate of drug-likeness (QED) is 0.684. The monoisotopic (exact) mass is 419 g/mol. The van der Waals surface area contributed by atoms with Crippen LogP contribution >= 0.6 is 55.7 Å². The third-order valence-corrected chi connectivity index (χ3v) is 3.84. The van der Waals surface area contributed by atoms with Gasteiger partial charge in [-0.25, -0.2) is 0 Å². The Balaban J connectivity index is 2.45. The second-order valence-corrected chi connectivity index (χ2v) is 6.36. The molecular weight excluding hydrogens is 413 g/mol. The summed E-state index contributed by atoms with van der Waals surface area (Å²) in [5.41, 5.74) is 6.34. The second kappa shape index (κ2) is 6.22. The van der Waals surface area contributed by atoms with Crippen LogP contribution in [0.2, 0.25) is 5.02 Å². The molecule has 2 N–H and O–H groups in total. The molecule has 2 aromatic carbocycles. The van der Waals surface area contributed by atoms with Crippen LogP contribution in [0.25, 0.3) is 0 Å². The maximum Gasteiger partial charge on any atom is 0.147 e. The lowest BCUT2D eigenvalue weighted by atomic mass is 10.2. The van der Waals surface area contributed by atoms with Crippen LogP contribution in [0.3, 0.4) is 0 Å². The normalized spacial score (nSPS) is 10.3. The smallest absolute Gasteiger partial charge is 0.147 e. The molecule has 19 heavy (non-hydrogen) atoms. The third-order valence-electron chi connectivity index (χ3n) is 2.32. The Morgan fingerprint density at radius 2 is 1.63 bits per heavy atom. The fraction of sp³-hybridized carbons (Fsp3) is 0. The van der Waals surface area contributed by atoms with Crippen molar-refractivity contribution in [3.05, 3.63) is 55.9 Å². The van der Waals surface area contributed by atoms with Gasteiger partial charge in [0.15, 0.2) is 0 Å². The zero-order valence-electron chi connectivity index (χ0n) is 9.49. The van der Waals surface area contributed by atoms with Crippen LogP contribution in [-0.2, 0) is 0 Å². The summed E-state index contributed by atoms with van der Waals surface area (Å²) in [6.45, 7) is 0. The standard InChI is InChI=1S/C13H8Br2ClNOS/c14-7-1-3-9(13(17)19)11(5-7)18-12-6-8(15)2-4-10(12)16/h1-6H,(H2,17,19). The molecule has 0 saturated heterocycles. The van der Waals surface area contributed by atoms with Crippen molar-refractivity contribution in [2.75, 3.05) is 0 Å². The van der Waals surface area contributed by atoms with Crippen LogP contribution < -0.4 is 10.5 Å². The van der Waals surface area contributed by atoms with Crippen molar-refractivity contribution in [1.29, 1.82) is 0 Å². The first-order valence-corrected chi connectivity index (χ1v) is 7.57. The van der Waals surface area contributed by atoms with Crippen LogP contribution in [0.15, 0.2) is 45.3 Å². The van der Waals surface area contributed by atoms with Gasteiger partial charge in [-0.2, -0.15) is 0 Å². The first kappa shape index (κ1) is 14.8. The number of rotatable bonds is 3. The van der Waals surface area contributed by atoms with Gasteiger partial charge in [0.1, 0.15) is 16.5 Å². The van der Waals surface area contributed by atoms with Gasteiger partial charge >= 0.3 is 0 Å². The summed E-state index contributed by atoms with van der Waals surface area (Å²) >= 11 is 17.9. The molecule has 2 aromatic rings. The number of nitrogens with two attached hydrogens (primary N) is 1. The second-order valence-electron chi connectivity index (χ2n) is 3.68. The van der Waals surface area contributed by atoms with Gasteiger partial charge in [-0.1, -0.05) is 55.7 Å². The fourth-order valence-electron chi connectivity index (χ4n) is 1.46. The fourth-order valence-corrected chi connectivity index (χ4v) is 2.46. The molecule has 0 aliphatic carbocycles. The summed E-state index contributed by atoms with van der Waals surface area (Å²) in [7, 11) is 0. The summed E-state index contributed by atoms with van der Waals surface area (Å²) < 4.78 is 7.55. The summed E-state index contributed by atoms with van der Waals surface area (Å²) in [5, 5.41) is 0.511. The number of benzene rings is 2. The lowest BCUT2D eigenvalue weighted by molar-refractivity contribution is 0.481. The molecule has 0 saturated carbocycles. The van der Waals surface area contributed by atoms with E-state index < -0.39 is 0 Å². The van der Waals surface area contributed by atoms with Gasteiger partial charge < -0.3 is 10.5 Å². The minimum absolute atomic E-state index is 0.272. The highest BCUT2D eigenvalue weighted by molar-refractivity contribution is 9.10. The van der Waals surface area contributed by atoms with Gasteiger partial charge in [0, 0.05) is 8.95 Å². The number of halogens is 3. The predicted molar refractivity (Wildman–Crippen MR) is 89.3 cm³/mol. The molecule has 0 radical (unpaired) electrons. The van der Waals surface area contributed by atoms with Crippen molar-refractivity contribution in [3.63, 3.8) is 0 Å². The Bertz CT molecular complexity index is 649. The predicted octanol–water partition coefficient (Wildman–Crippen LogP) is 5.29. The van der Waals surface area contributed by atoms with E-state index in [2.05, 4.69) is 31.9 Å². The van der Waals surface area contributed by atoms with Crippen molar-refractivity contribution < 1.29 is 4.74 Å². The molecule has 0 aliphatic rings. The third kappa shape index (κ3) is 3.69. The van der Waals surface area contributed by atoms with Gasteiger partial charge in [-0.05, 0) is 36.4 Å². The van der Waals surface area contributed by atoms with Crippen LogP contribution in [0.4, 0.5) is 0 Å². The first-order valence-electron chi connectivity index (χ1n) is 5.19. The molecule has 0 fully saturated rings. The van der Waals surface area contributed by atoms with E-state index in [0.717, 1.165) is 8.95 Å². The van der Waals surface area contributed by atoms with Crippen molar-refractivity contribution in [2.24, 2.45) is 5.73 Å². The Morgan fingerprint density at radius 1 is 1.05 bits per heavy atom. The lowest BCUT2D eigenvalue weighted by Gasteiger charge is -2.12. The average molecular weight is 422 g/mol. The van der Waals surface area contributed by atoms with Crippen molar-refractivity contribution in [3.8, 4) is 11.5 Å². The molecule has 2 rings (SSSR count).